The molecule has 0 heterocycles. The number of aliphatic imine (C=N–C) groups is 1. The smallest absolute Gasteiger partial charge is 0.407 e. The number of carbonyl (C=O) groups is 1. The Morgan fingerprint density at radius 3 is 2.37 bits per heavy atom. The van der Waals surface area contributed by atoms with Gasteiger partial charge < -0.3 is 25.4 Å². The van der Waals surface area contributed by atoms with Crippen molar-refractivity contribution in [3.63, 3.8) is 0 Å². The maximum atomic E-state index is 11.6. The molecular weight excluding hydrogens is 495 g/mol. The Balaban J connectivity index is 0.00000841. The Bertz CT molecular complexity index is 592. The molecule has 0 bridgehead atoms. The predicted molar refractivity (Wildman–Crippen MR) is 134 cm³/mol. The fourth-order valence-electron chi connectivity index (χ4n) is 2.42. The first kappa shape index (κ1) is 28.5. The minimum atomic E-state index is -0.475. The highest BCUT2D eigenvalue weighted by Crippen LogP contribution is 2.06. The average Bonchev–Trinajstić information content (AvgIpc) is 2.66. The molecule has 0 saturated carbocycles. The molecule has 0 aliphatic heterocycles. The number of nitrogens with zero attached hydrogens (tertiary/aromatic N) is 1. The van der Waals surface area contributed by atoms with Crippen molar-refractivity contribution < 1.29 is 14.3 Å². The van der Waals surface area contributed by atoms with E-state index < -0.39 is 5.60 Å². The number of unbranched alkanes of at least 4 members (excludes halogenated alkanes) is 1. The molecule has 30 heavy (non-hydrogen) atoms. The van der Waals surface area contributed by atoms with Crippen molar-refractivity contribution in [1.29, 1.82) is 0 Å². The molecule has 0 radical (unpaired) electrons. The van der Waals surface area contributed by atoms with Crippen LogP contribution < -0.4 is 16.0 Å². The van der Waals surface area contributed by atoms with Crippen LogP contribution in [0.2, 0.25) is 0 Å². The first-order chi connectivity index (χ1) is 13.9. The Kier molecular flexibility index (Phi) is 16.3. The molecule has 1 aromatic carbocycles. The largest absolute Gasteiger partial charge is 0.444 e. The van der Waals surface area contributed by atoms with E-state index in [1.807, 2.05) is 45.9 Å². The molecule has 0 aromatic heterocycles. The Labute approximate surface area is 198 Å². The zero-order chi connectivity index (χ0) is 21.4. The summed E-state index contributed by atoms with van der Waals surface area (Å²) >= 11 is 0. The summed E-state index contributed by atoms with van der Waals surface area (Å²) in [5, 5.41) is 9.31. The topological polar surface area (TPSA) is 84.0 Å². The van der Waals surface area contributed by atoms with E-state index in [9.17, 15) is 4.79 Å². The monoisotopic (exact) mass is 534 g/mol. The van der Waals surface area contributed by atoms with Crippen molar-refractivity contribution in [2.45, 2.75) is 59.2 Å². The van der Waals surface area contributed by atoms with E-state index in [1.54, 1.807) is 0 Å². The lowest BCUT2D eigenvalue weighted by Gasteiger charge is -2.19. The third kappa shape index (κ3) is 16.3. The fourth-order valence-corrected chi connectivity index (χ4v) is 2.42. The summed E-state index contributed by atoms with van der Waals surface area (Å²) in [5.74, 6) is 0.801. The molecular formula is C22H39IN4O3. The van der Waals surface area contributed by atoms with Crippen LogP contribution in [0.15, 0.2) is 35.3 Å². The minimum absolute atomic E-state index is 0. The van der Waals surface area contributed by atoms with Gasteiger partial charge in [-0.15, -0.1) is 24.0 Å². The van der Waals surface area contributed by atoms with Crippen molar-refractivity contribution in [2.75, 3.05) is 32.8 Å². The molecule has 1 rings (SSSR count). The van der Waals surface area contributed by atoms with Gasteiger partial charge in [0.05, 0.1) is 6.61 Å². The van der Waals surface area contributed by atoms with Crippen LogP contribution in [-0.4, -0.2) is 50.4 Å². The van der Waals surface area contributed by atoms with Gasteiger partial charge >= 0.3 is 6.09 Å². The van der Waals surface area contributed by atoms with Crippen LogP contribution in [0.1, 0.15) is 52.5 Å². The number of nitrogens with one attached hydrogen (secondary N) is 3. The van der Waals surface area contributed by atoms with Gasteiger partial charge in [0.1, 0.15) is 5.60 Å². The lowest BCUT2D eigenvalue weighted by Crippen LogP contribution is -2.38. The number of amides is 1. The highest BCUT2D eigenvalue weighted by atomic mass is 127. The summed E-state index contributed by atoms with van der Waals surface area (Å²) in [6.45, 7) is 11.8. The summed E-state index contributed by atoms with van der Waals surface area (Å²) in [6, 6.07) is 10.2. The molecule has 1 aromatic rings. The first-order valence-corrected chi connectivity index (χ1v) is 10.5. The van der Waals surface area contributed by atoms with Gasteiger partial charge in [0.2, 0.25) is 0 Å². The van der Waals surface area contributed by atoms with Crippen molar-refractivity contribution in [3.05, 3.63) is 35.9 Å². The van der Waals surface area contributed by atoms with Crippen LogP contribution in [0.4, 0.5) is 4.79 Å². The first-order valence-electron chi connectivity index (χ1n) is 10.5. The Morgan fingerprint density at radius 2 is 1.70 bits per heavy atom. The second-order valence-corrected chi connectivity index (χ2v) is 7.71. The molecule has 3 N–H and O–H groups in total. The van der Waals surface area contributed by atoms with Gasteiger partial charge in [-0.2, -0.15) is 0 Å². The van der Waals surface area contributed by atoms with Crippen molar-refractivity contribution >= 4 is 36.0 Å². The number of halogens is 1. The molecule has 8 heteroatoms. The molecule has 0 atom stereocenters. The van der Waals surface area contributed by atoms with Gasteiger partial charge in [-0.25, -0.2) is 4.79 Å². The molecule has 0 unspecified atom stereocenters. The quantitative estimate of drug-likeness (QED) is 0.163. The molecule has 7 nitrogen and oxygen atoms in total. The van der Waals surface area contributed by atoms with Crippen molar-refractivity contribution in [2.24, 2.45) is 4.99 Å². The third-order valence-electron chi connectivity index (χ3n) is 3.74. The lowest BCUT2D eigenvalue weighted by molar-refractivity contribution is 0.0527. The normalized spacial score (nSPS) is 11.4. The van der Waals surface area contributed by atoms with Crippen LogP contribution >= 0.6 is 24.0 Å². The van der Waals surface area contributed by atoms with Gasteiger partial charge in [0.15, 0.2) is 5.96 Å². The summed E-state index contributed by atoms with van der Waals surface area (Å²) in [4.78, 5) is 16.1. The number of ether oxygens (including phenoxy) is 2. The Hall–Kier alpha value is -1.55. The molecule has 0 spiro atoms. The van der Waals surface area contributed by atoms with Gasteiger partial charge in [0, 0.05) is 32.8 Å². The van der Waals surface area contributed by atoms with E-state index in [-0.39, 0.29) is 30.1 Å². The summed E-state index contributed by atoms with van der Waals surface area (Å²) in [5.41, 5.74) is 0.727. The molecule has 0 fully saturated rings. The van der Waals surface area contributed by atoms with Gasteiger partial charge in [-0.1, -0.05) is 30.3 Å². The van der Waals surface area contributed by atoms with E-state index >= 15 is 0 Å². The van der Waals surface area contributed by atoms with Crippen LogP contribution in [0, 0.1) is 0 Å². The van der Waals surface area contributed by atoms with E-state index in [1.165, 1.54) is 5.56 Å². The van der Waals surface area contributed by atoms with Crippen LogP contribution in [0.5, 0.6) is 0 Å². The molecule has 0 aliphatic rings. The number of hydrogen-bond acceptors (Lipinski definition) is 4. The van der Waals surface area contributed by atoms with Crippen molar-refractivity contribution in [3.8, 4) is 0 Å². The number of hydrogen-bond donors (Lipinski definition) is 3. The van der Waals surface area contributed by atoms with E-state index in [2.05, 4.69) is 33.1 Å². The number of alkyl carbamates (subject to hydrolysis) is 1. The molecule has 0 aliphatic carbocycles. The standard InChI is InChI=1S/C22H38N4O3.HI/c1-5-23-20(25-15-11-16-26-21(27)29-22(2,3)4)24-14-9-10-17-28-18-19-12-7-6-8-13-19;/h6-8,12-13H,5,9-11,14-18H2,1-4H3,(H,26,27)(H2,23,24,25);1H. The number of rotatable bonds is 12. The number of guanidine groups is 1. The summed E-state index contributed by atoms with van der Waals surface area (Å²) < 4.78 is 10.9. The second kappa shape index (κ2) is 17.2. The third-order valence-corrected chi connectivity index (χ3v) is 3.74. The van der Waals surface area contributed by atoms with E-state index in [0.717, 1.165) is 44.9 Å². The van der Waals surface area contributed by atoms with Gasteiger partial charge in [-0.05, 0) is 52.5 Å². The minimum Gasteiger partial charge on any atom is -0.444 e. The van der Waals surface area contributed by atoms with E-state index in [0.29, 0.717) is 19.7 Å². The highest BCUT2D eigenvalue weighted by Gasteiger charge is 2.15. The maximum absolute atomic E-state index is 11.6. The Morgan fingerprint density at radius 1 is 1.00 bits per heavy atom. The zero-order valence-corrected chi connectivity index (χ0v) is 21.2. The van der Waals surface area contributed by atoms with Gasteiger partial charge in [0.25, 0.3) is 0 Å². The SMILES string of the molecule is CCNC(=NCCCNC(=O)OC(C)(C)C)NCCCCOCc1ccccc1.I. The molecule has 172 valence electrons. The maximum Gasteiger partial charge on any atom is 0.407 e. The fraction of sp³-hybridized carbons (Fsp3) is 0.636. The van der Waals surface area contributed by atoms with E-state index in [4.69, 9.17) is 9.47 Å². The van der Waals surface area contributed by atoms with Crippen LogP contribution in [-0.2, 0) is 16.1 Å². The lowest BCUT2D eigenvalue weighted by atomic mass is 10.2. The molecule has 1 amide bonds. The number of benzene rings is 1. The predicted octanol–water partition coefficient (Wildman–Crippen LogP) is 4.07. The van der Waals surface area contributed by atoms with Crippen LogP contribution in [0.3, 0.4) is 0 Å². The summed E-state index contributed by atoms with van der Waals surface area (Å²) in [7, 11) is 0. The summed E-state index contributed by atoms with van der Waals surface area (Å²) in [6.07, 6.45) is 2.38. The average molecular weight is 534 g/mol. The molecule has 0 saturated heterocycles. The van der Waals surface area contributed by atoms with Gasteiger partial charge in [-0.3, -0.25) is 4.99 Å². The van der Waals surface area contributed by atoms with Crippen molar-refractivity contribution in [1.82, 2.24) is 16.0 Å². The zero-order valence-electron chi connectivity index (χ0n) is 18.8. The number of carbonyl (C=O) groups excluding carboxylic acids is 1. The second-order valence-electron chi connectivity index (χ2n) is 7.71. The highest BCUT2D eigenvalue weighted by molar-refractivity contribution is 14.0. The van der Waals surface area contributed by atoms with Crippen LogP contribution in [0.25, 0.3) is 0 Å².